The van der Waals surface area contributed by atoms with Crippen LogP contribution in [0, 0.1) is 0 Å². The monoisotopic (exact) mass is 164 g/mol. The molecule has 0 radical (unpaired) electrons. The van der Waals surface area contributed by atoms with E-state index in [2.05, 4.69) is 5.32 Å². The Balaban J connectivity index is 3.20. The van der Waals surface area contributed by atoms with Crippen molar-refractivity contribution in [1.29, 1.82) is 0 Å². The molecule has 5 N–H and O–H groups in total. The van der Waals surface area contributed by atoms with E-state index in [9.17, 15) is 4.79 Å². The Morgan fingerprint density at radius 2 is 2.18 bits per heavy atom. The molecule has 1 atom stereocenters. The normalized spacial score (nSPS) is 12.6. The van der Waals surface area contributed by atoms with Crippen LogP contribution in [0.1, 0.15) is 0 Å². The molecule has 1 unspecified atom stereocenters. The minimum atomic E-state index is -0.874. The van der Waals surface area contributed by atoms with E-state index in [1.165, 1.54) is 5.48 Å². The number of carbonyl (C=O) groups is 1. The average Bonchev–Trinajstić information content (AvgIpc) is 2.04. The summed E-state index contributed by atoms with van der Waals surface area (Å²) < 4.78 is 0. The number of amides is 1. The van der Waals surface area contributed by atoms with E-state index < -0.39 is 12.0 Å². The van der Waals surface area contributed by atoms with Gasteiger partial charge in [-0.25, -0.2) is 5.48 Å². The minimum absolute atomic E-state index is 0.0897. The van der Waals surface area contributed by atoms with Crippen LogP contribution in [-0.2, 0) is 4.79 Å². The number of hydroxylamine groups is 1. The van der Waals surface area contributed by atoms with Crippen LogP contribution in [0.15, 0.2) is 0 Å². The third-order valence-electron chi connectivity index (χ3n) is 1.00. The molecule has 0 saturated heterocycles. The smallest absolute Gasteiger partial charge is 0.257 e. The molecular formula is C5H12N2O4. The summed E-state index contributed by atoms with van der Waals surface area (Å²) in [5, 5.41) is 27.6. The second-order valence-electron chi connectivity index (χ2n) is 2.00. The van der Waals surface area contributed by atoms with Gasteiger partial charge in [-0.3, -0.25) is 10.0 Å². The SMILES string of the molecule is O=C(CNCC(O)CO)NO. The molecule has 0 aliphatic carbocycles. The van der Waals surface area contributed by atoms with Gasteiger partial charge in [-0.15, -0.1) is 0 Å². The number of nitrogens with one attached hydrogen (secondary N) is 2. The highest BCUT2D eigenvalue weighted by molar-refractivity contribution is 5.76. The van der Waals surface area contributed by atoms with Gasteiger partial charge in [0.1, 0.15) is 0 Å². The van der Waals surface area contributed by atoms with E-state index in [0.29, 0.717) is 0 Å². The Hall–Kier alpha value is -0.690. The molecule has 6 heteroatoms. The van der Waals surface area contributed by atoms with Crippen LogP contribution in [0.4, 0.5) is 0 Å². The second-order valence-corrected chi connectivity index (χ2v) is 2.00. The molecule has 0 aromatic heterocycles. The molecule has 1 amide bonds. The van der Waals surface area contributed by atoms with Gasteiger partial charge in [0, 0.05) is 6.54 Å². The van der Waals surface area contributed by atoms with Gasteiger partial charge in [0.2, 0.25) is 0 Å². The number of carbonyl (C=O) groups excluding carboxylic acids is 1. The zero-order valence-electron chi connectivity index (χ0n) is 5.95. The van der Waals surface area contributed by atoms with Crippen molar-refractivity contribution in [2.45, 2.75) is 6.10 Å². The maximum absolute atomic E-state index is 10.3. The summed E-state index contributed by atoms with van der Waals surface area (Å²) in [7, 11) is 0. The molecule has 0 spiro atoms. The van der Waals surface area contributed by atoms with Crippen LogP contribution in [0.25, 0.3) is 0 Å². The van der Waals surface area contributed by atoms with Crippen molar-refractivity contribution in [3.63, 3.8) is 0 Å². The van der Waals surface area contributed by atoms with Crippen LogP contribution in [0.5, 0.6) is 0 Å². The summed E-state index contributed by atoms with van der Waals surface area (Å²) in [5.74, 6) is -0.588. The molecule has 0 aromatic rings. The molecule has 0 fully saturated rings. The Morgan fingerprint density at radius 1 is 1.55 bits per heavy atom. The highest BCUT2D eigenvalue weighted by Gasteiger charge is 2.02. The fraction of sp³-hybridized carbons (Fsp3) is 0.800. The molecule has 6 nitrogen and oxygen atoms in total. The number of hydrogen-bond donors (Lipinski definition) is 5. The van der Waals surface area contributed by atoms with Crippen LogP contribution >= 0.6 is 0 Å². The molecule has 11 heavy (non-hydrogen) atoms. The van der Waals surface area contributed by atoms with E-state index in [-0.39, 0.29) is 19.7 Å². The van der Waals surface area contributed by atoms with Gasteiger partial charge in [0.15, 0.2) is 0 Å². The Kier molecular flexibility index (Phi) is 5.67. The van der Waals surface area contributed by atoms with Crippen LogP contribution in [-0.4, -0.2) is 47.1 Å². The van der Waals surface area contributed by atoms with Crippen molar-refractivity contribution < 1.29 is 20.2 Å². The van der Waals surface area contributed by atoms with Gasteiger partial charge >= 0.3 is 0 Å². The van der Waals surface area contributed by atoms with Crippen molar-refractivity contribution in [2.75, 3.05) is 19.7 Å². The third kappa shape index (κ3) is 5.74. The molecule has 0 aliphatic rings. The summed E-state index contributed by atoms with van der Waals surface area (Å²) >= 11 is 0. The highest BCUT2D eigenvalue weighted by atomic mass is 16.5. The Labute approximate surface area is 63.8 Å². The number of aliphatic hydroxyl groups is 2. The maximum Gasteiger partial charge on any atom is 0.257 e. The second kappa shape index (κ2) is 6.05. The molecule has 0 rings (SSSR count). The van der Waals surface area contributed by atoms with Gasteiger partial charge in [0.25, 0.3) is 5.91 Å². The van der Waals surface area contributed by atoms with Gasteiger partial charge in [-0.1, -0.05) is 0 Å². The first-order valence-corrected chi connectivity index (χ1v) is 3.13. The molecule has 0 heterocycles. The topological polar surface area (TPSA) is 102 Å². The predicted octanol–water partition coefficient (Wildman–Crippen LogP) is -2.57. The average molecular weight is 164 g/mol. The number of aliphatic hydroxyl groups excluding tert-OH is 2. The lowest BCUT2D eigenvalue weighted by atomic mass is 10.4. The lowest BCUT2D eigenvalue weighted by Crippen LogP contribution is -2.37. The largest absolute Gasteiger partial charge is 0.394 e. The van der Waals surface area contributed by atoms with Gasteiger partial charge in [-0.05, 0) is 0 Å². The number of rotatable bonds is 5. The predicted molar refractivity (Wildman–Crippen MR) is 35.9 cm³/mol. The van der Waals surface area contributed by atoms with Crippen LogP contribution in [0.2, 0.25) is 0 Å². The number of hydrogen-bond acceptors (Lipinski definition) is 5. The lowest BCUT2D eigenvalue weighted by Gasteiger charge is -2.06. The van der Waals surface area contributed by atoms with Crippen molar-refractivity contribution >= 4 is 5.91 Å². The quantitative estimate of drug-likeness (QED) is 0.227. The Bertz CT molecular complexity index is 119. The minimum Gasteiger partial charge on any atom is -0.394 e. The van der Waals surface area contributed by atoms with Crippen LogP contribution in [0.3, 0.4) is 0 Å². The van der Waals surface area contributed by atoms with E-state index in [0.717, 1.165) is 0 Å². The van der Waals surface area contributed by atoms with Crippen molar-refractivity contribution in [1.82, 2.24) is 10.8 Å². The van der Waals surface area contributed by atoms with E-state index in [4.69, 9.17) is 15.4 Å². The standard InChI is InChI=1S/C5H12N2O4/c8-3-4(9)1-6-2-5(10)7-11/h4,6,8-9,11H,1-3H2,(H,7,10). The summed E-state index contributed by atoms with van der Waals surface area (Å²) in [5.41, 5.74) is 1.41. The molecule has 66 valence electrons. The molecule has 0 bridgehead atoms. The first-order valence-electron chi connectivity index (χ1n) is 3.13. The zero-order valence-corrected chi connectivity index (χ0v) is 5.95. The van der Waals surface area contributed by atoms with Crippen LogP contribution < -0.4 is 10.8 Å². The molecular weight excluding hydrogens is 152 g/mol. The van der Waals surface area contributed by atoms with E-state index >= 15 is 0 Å². The summed E-state index contributed by atoms with van der Waals surface area (Å²) in [6.07, 6.45) is -0.874. The van der Waals surface area contributed by atoms with Crippen molar-refractivity contribution in [2.24, 2.45) is 0 Å². The van der Waals surface area contributed by atoms with Gasteiger partial charge in [0.05, 0.1) is 19.3 Å². The van der Waals surface area contributed by atoms with E-state index in [1.807, 2.05) is 0 Å². The molecule has 0 aromatic carbocycles. The Morgan fingerprint density at radius 3 is 2.64 bits per heavy atom. The fourth-order valence-electron chi connectivity index (χ4n) is 0.456. The van der Waals surface area contributed by atoms with Crippen molar-refractivity contribution in [3.8, 4) is 0 Å². The third-order valence-corrected chi connectivity index (χ3v) is 1.00. The first kappa shape index (κ1) is 10.3. The van der Waals surface area contributed by atoms with Gasteiger partial charge in [-0.2, -0.15) is 0 Å². The summed E-state index contributed by atoms with van der Waals surface area (Å²) in [6, 6.07) is 0. The van der Waals surface area contributed by atoms with Gasteiger partial charge < -0.3 is 15.5 Å². The zero-order chi connectivity index (χ0) is 8.69. The molecule has 0 saturated carbocycles. The van der Waals surface area contributed by atoms with E-state index in [1.54, 1.807) is 0 Å². The highest BCUT2D eigenvalue weighted by Crippen LogP contribution is 1.75. The first-order chi connectivity index (χ1) is 5.20. The fourth-order valence-corrected chi connectivity index (χ4v) is 0.456. The lowest BCUT2D eigenvalue weighted by molar-refractivity contribution is -0.128. The summed E-state index contributed by atoms with van der Waals surface area (Å²) in [4.78, 5) is 10.3. The van der Waals surface area contributed by atoms with Crippen molar-refractivity contribution in [3.05, 3.63) is 0 Å². The maximum atomic E-state index is 10.3. The molecule has 0 aliphatic heterocycles. The summed E-state index contributed by atoms with van der Waals surface area (Å²) in [6.45, 7) is -0.328.